The van der Waals surface area contributed by atoms with Gasteiger partial charge in [-0.3, -0.25) is 0 Å². The van der Waals surface area contributed by atoms with Crippen LogP contribution in [0.1, 0.15) is 46.1 Å². The summed E-state index contributed by atoms with van der Waals surface area (Å²) in [7, 11) is 0. The molecule has 1 heteroatoms. The van der Waals surface area contributed by atoms with Gasteiger partial charge >= 0.3 is 0 Å². The predicted molar refractivity (Wildman–Crippen MR) is 101 cm³/mol. The van der Waals surface area contributed by atoms with Crippen LogP contribution < -0.4 is 4.57 Å². The van der Waals surface area contributed by atoms with Crippen LogP contribution in [0.25, 0.3) is 22.0 Å². The van der Waals surface area contributed by atoms with Crippen molar-refractivity contribution in [1.82, 2.24) is 0 Å². The van der Waals surface area contributed by atoms with Gasteiger partial charge in [0, 0.05) is 19.4 Å². The number of pyridine rings is 1. The molecule has 2 atom stereocenters. The average Bonchev–Trinajstić information content (AvgIpc) is 2.65. The van der Waals surface area contributed by atoms with E-state index in [4.69, 9.17) is 0 Å². The molecule has 122 valence electrons. The van der Waals surface area contributed by atoms with E-state index in [0.29, 0.717) is 0 Å². The second kappa shape index (κ2) is 5.17. The van der Waals surface area contributed by atoms with Crippen molar-refractivity contribution in [3.05, 3.63) is 66.4 Å². The maximum absolute atomic E-state index is 2.56. The summed E-state index contributed by atoms with van der Waals surface area (Å²) in [6.45, 7) is 9.54. The first kappa shape index (κ1) is 15.4. The van der Waals surface area contributed by atoms with Crippen molar-refractivity contribution < 1.29 is 4.57 Å². The lowest BCUT2D eigenvalue weighted by Crippen LogP contribution is -2.67. The summed E-state index contributed by atoms with van der Waals surface area (Å²) in [5.74, 6) is 0. The minimum atomic E-state index is 0.0649. The largest absolute Gasteiger partial charge is 0.221 e. The lowest BCUT2D eigenvalue weighted by molar-refractivity contribution is -0.764. The molecule has 0 fully saturated rings. The van der Waals surface area contributed by atoms with E-state index in [1.165, 1.54) is 27.6 Å². The Balaban J connectivity index is 2.21. The van der Waals surface area contributed by atoms with Crippen molar-refractivity contribution in [3.8, 4) is 11.3 Å². The van der Waals surface area contributed by atoms with Crippen LogP contribution in [-0.4, -0.2) is 0 Å². The lowest BCUT2D eigenvalue weighted by atomic mass is 9.60. The van der Waals surface area contributed by atoms with E-state index in [-0.39, 0.29) is 11.0 Å². The normalized spacial score (nSPS) is 25.3. The number of rotatable bonds is 2. The SMILES string of the molecule is CCC1(C)c2ccccc2-c2c3ccccc3cc[n+]2C1(C)CC. The quantitative estimate of drug-likeness (QED) is 0.542. The molecular weight excluding hydrogens is 290 g/mol. The highest BCUT2D eigenvalue weighted by molar-refractivity contribution is 5.94. The van der Waals surface area contributed by atoms with Gasteiger partial charge in [0.25, 0.3) is 0 Å². The molecule has 0 radical (unpaired) electrons. The molecule has 0 bridgehead atoms. The van der Waals surface area contributed by atoms with Crippen LogP contribution in [0, 0.1) is 0 Å². The third kappa shape index (κ3) is 1.73. The van der Waals surface area contributed by atoms with Crippen molar-refractivity contribution in [2.45, 2.75) is 51.5 Å². The summed E-state index contributed by atoms with van der Waals surface area (Å²) in [6, 6.07) is 20.1. The average molecular weight is 316 g/mol. The first-order valence-electron chi connectivity index (χ1n) is 9.10. The fourth-order valence-electron chi connectivity index (χ4n) is 4.76. The Morgan fingerprint density at radius 1 is 0.833 bits per heavy atom. The van der Waals surface area contributed by atoms with Crippen LogP contribution >= 0.6 is 0 Å². The zero-order chi connectivity index (χ0) is 16.9. The van der Waals surface area contributed by atoms with E-state index < -0.39 is 0 Å². The molecule has 0 aliphatic carbocycles. The van der Waals surface area contributed by atoms with E-state index >= 15 is 0 Å². The first-order chi connectivity index (χ1) is 11.6. The summed E-state index contributed by atoms with van der Waals surface area (Å²) < 4.78 is 2.56. The topological polar surface area (TPSA) is 3.88 Å². The highest BCUT2D eigenvalue weighted by Crippen LogP contribution is 2.50. The third-order valence-electron chi connectivity index (χ3n) is 6.75. The molecule has 0 N–H and O–H groups in total. The molecular formula is C23H26N+. The van der Waals surface area contributed by atoms with Gasteiger partial charge in [-0.2, -0.15) is 4.57 Å². The molecule has 2 aromatic carbocycles. The number of hydrogen-bond acceptors (Lipinski definition) is 0. The Morgan fingerprint density at radius 3 is 2.29 bits per heavy atom. The molecule has 2 unspecified atom stereocenters. The Kier molecular flexibility index (Phi) is 3.32. The Bertz CT molecular complexity index is 926. The van der Waals surface area contributed by atoms with Gasteiger partial charge < -0.3 is 0 Å². The standard InChI is InChI=1S/C23H26N/c1-5-22(3)20-14-10-9-13-19(20)21-18-12-8-7-11-17(18)15-16-24(21)23(22,4)6-2/h7-16H,5-6H2,1-4H3/q+1. The van der Waals surface area contributed by atoms with Crippen LogP contribution in [0.4, 0.5) is 0 Å². The molecule has 0 saturated carbocycles. The van der Waals surface area contributed by atoms with Crippen LogP contribution in [-0.2, 0) is 11.0 Å². The highest BCUT2D eigenvalue weighted by Gasteiger charge is 2.56. The minimum Gasteiger partial charge on any atom is -0.192 e. The summed E-state index contributed by atoms with van der Waals surface area (Å²) in [4.78, 5) is 0. The molecule has 1 aliphatic rings. The molecule has 1 nitrogen and oxygen atoms in total. The zero-order valence-corrected chi connectivity index (χ0v) is 15.1. The molecule has 1 aromatic heterocycles. The smallest absolute Gasteiger partial charge is 0.192 e. The van der Waals surface area contributed by atoms with Crippen molar-refractivity contribution in [2.24, 2.45) is 0 Å². The first-order valence-corrected chi connectivity index (χ1v) is 9.10. The van der Waals surface area contributed by atoms with Crippen molar-refractivity contribution in [3.63, 3.8) is 0 Å². The van der Waals surface area contributed by atoms with Gasteiger partial charge in [0.05, 0.1) is 16.4 Å². The number of aromatic nitrogens is 1. The molecule has 0 saturated heterocycles. The monoisotopic (exact) mass is 316 g/mol. The number of benzene rings is 2. The van der Waals surface area contributed by atoms with Crippen molar-refractivity contribution >= 4 is 10.8 Å². The van der Waals surface area contributed by atoms with E-state index in [0.717, 1.165) is 12.8 Å². The van der Waals surface area contributed by atoms with E-state index in [1.807, 2.05) is 0 Å². The Morgan fingerprint density at radius 2 is 1.54 bits per heavy atom. The van der Waals surface area contributed by atoms with E-state index in [2.05, 4.69) is 93.1 Å². The van der Waals surface area contributed by atoms with Crippen molar-refractivity contribution in [2.75, 3.05) is 0 Å². The molecule has 3 aromatic rings. The van der Waals surface area contributed by atoms with Crippen LogP contribution in [0.3, 0.4) is 0 Å². The van der Waals surface area contributed by atoms with Gasteiger partial charge in [0.2, 0.25) is 5.69 Å². The highest BCUT2D eigenvalue weighted by atomic mass is 15.1. The number of hydrogen-bond donors (Lipinski definition) is 0. The maximum atomic E-state index is 2.56. The fourth-order valence-corrected chi connectivity index (χ4v) is 4.76. The minimum absolute atomic E-state index is 0.0649. The van der Waals surface area contributed by atoms with Crippen molar-refractivity contribution in [1.29, 1.82) is 0 Å². The zero-order valence-electron chi connectivity index (χ0n) is 15.1. The Labute approximate surface area is 145 Å². The van der Waals surface area contributed by atoms with Crippen LogP contribution in [0.5, 0.6) is 0 Å². The van der Waals surface area contributed by atoms with Gasteiger partial charge in [-0.1, -0.05) is 50.2 Å². The maximum Gasteiger partial charge on any atom is 0.221 e. The van der Waals surface area contributed by atoms with Gasteiger partial charge in [-0.05, 0) is 36.4 Å². The second-order valence-corrected chi connectivity index (χ2v) is 7.48. The number of nitrogens with zero attached hydrogens (tertiary/aromatic N) is 1. The van der Waals surface area contributed by atoms with E-state index in [9.17, 15) is 0 Å². The van der Waals surface area contributed by atoms with Gasteiger partial charge in [0.1, 0.15) is 0 Å². The summed E-state index contributed by atoms with van der Waals surface area (Å²) in [5, 5.41) is 2.67. The van der Waals surface area contributed by atoms with Crippen LogP contribution in [0.15, 0.2) is 60.8 Å². The molecule has 0 spiro atoms. The second-order valence-electron chi connectivity index (χ2n) is 7.48. The van der Waals surface area contributed by atoms with E-state index in [1.54, 1.807) is 0 Å². The molecule has 4 rings (SSSR count). The number of fused-ring (bicyclic) bond motifs is 5. The third-order valence-corrected chi connectivity index (χ3v) is 6.75. The van der Waals surface area contributed by atoms with Crippen LogP contribution in [0.2, 0.25) is 0 Å². The predicted octanol–water partition coefficient (Wildman–Crippen LogP) is 5.60. The molecule has 2 heterocycles. The summed E-state index contributed by atoms with van der Waals surface area (Å²) >= 11 is 0. The van der Waals surface area contributed by atoms with Gasteiger partial charge in [-0.15, -0.1) is 0 Å². The van der Waals surface area contributed by atoms with Gasteiger partial charge in [-0.25, -0.2) is 0 Å². The molecule has 24 heavy (non-hydrogen) atoms. The summed E-state index contributed by atoms with van der Waals surface area (Å²) in [6.07, 6.45) is 4.56. The fraction of sp³-hybridized carbons (Fsp3) is 0.348. The summed E-state index contributed by atoms with van der Waals surface area (Å²) in [5.41, 5.74) is 4.45. The lowest BCUT2D eigenvalue weighted by Gasteiger charge is -2.46. The molecule has 0 amide bonds. The van der Waals surface area contributed by atoms with Gasteiger partial charge in [0.15, 0.2) is 11.7 Å². The Hall–Kier alpha value is -2.15. The molecule has 1 aliphatic heterocycles.